The summed E-state index contributed by atoms with van der Waals surface area (Å²) in [6, 6.07) is 13.5. The van der Waals surface area contributed by atoms with E-state index in [0.29, 0.717) is 10.6 Å². The van der Waals surface area contributed by atoms with Crippen LogP contribution in [-0.4, -0.2) is 9.55 Å². The number of fused-ring (bicyclic) bond motifs is 1. The van der Waals surface area contributed by atoms with Crippen molar-refractivity contribution in [1.29, 1.82) is 5.26 Å². The molecule has 0 aliphatic rings. The molecule has 0 saturated heterocycles. The average molecular weight is 268 g/mol. The molecule has 3 nitrogen and oxygen atoms in total. The maximum absolute atomic E-state index is 9.20. The van der Waals surface area contributed by atoms with E-state index in [4.69, 9.17) is 11.6 Å². The Kier molecular flexibility index (Phi) is 2.73. The summed E-state index contributed by atoms with van der Waals surface area (Å²) in [5.74, 6) is 0. The van der Waals surface area contributed by atoms with Crippen LogP contribution in [0.3, 0.4) is 0 Å². The Morgan fingerprint density at radius 3 is 2.84 bits per heavy atom. The van der Waals surface area contributed by atoms with Gasteiger partial charge in [-0.1, -0.05) is 17.7 Å². The Hall–Kier alpha value is -2.31. The first-order valence-corrected chi connectivity index (χ1v) is 6.21. The minimum absolute atomic E-state index is 0.613. The molecule has 1 aromatic carbocycles. The Bertz CT molecular complexity index is 812. The van der Waals surface area contributed by atoms with Crippen LogP contribution in [0.25, 0.3) is 16.7 Å². The molecule has 2 aromatic heterocycles. The first kappa shape index (κ1) is 11.8. The van der Waals surface area contributed by atoms with Crippen molar-refractivity contribution in [2.75, 3.05) is 0 Å². The number of hydrogen-bond acceptors (Lipinski definition) is 2. The Labute approximate surface area is 115 Å². The van der Waals surface area contributed by atoms with Gasteiger partial charge in [0.1, 0.15) is 11.7 Å². The van der Waals surface area contributed by atoms with Crippen LogP contribution in [0.2, 0.25) is 5.02 Å². The molecule has 0 saturated carbocycles. The van der Waals surface area contributed by atoms with Crippen LogP contribution >= 0.6 is 11.6 Å². The fourth-order valence-electron chi connectivity index (χ4n) is 2.11. The second kappa shape index (κ2) is 4.42. The van der Waals surface area contributed by atoms with Crippen molar-refractivity contribution >= 4 is 22.6 Å². The van der Waals surface area contributed by atoms with Crippen LogP contribution in [0.5, 0.6) is 0 Å². The van der Waals surface area contributed by atoms with Crippen molar-refractivity contribution in [2.45, 2.75) is 6.92 Å². The summed E-state index contributed by atoms with van der Waals surface area (Å²) in [6.45, 7) is 1.93. The first-order chi connectivity index (χ1) is 9.19. The molecule has 0 aliphatic carbocycles. The van der Waals surface area contributed by atoms with E-state index in [-0.39, 0.29) is 0 Å². The van der Waals surface area contributed by atoms with Gasteiger partial charge < -0.3 is 0 Å². The maximum Gasteiger partial charge on any atom is 0.146 e. The third-order valence-electron chi connectivity index (χ3n) is 3.00. The number of aromatic nitrogens is 2. The predicted octanol–water partition coefficient (Wildman–Crippen LogP) is 3.86. The third kappa shape index (κ3) is 1.96. The highest BCUT2D eigenvalue weighted by atomic mass is 35.5. The zero-order valence-corrected chi connectivity index (χ0v) is 11.0. The summed E-state index contributed by atoms with van der Waals surface area (Å²) in [4.78, 5) is 4.52. The molecule has 19 heavy (non-hydrogen) atoms. The van der Waals surface area contributed by atoms with E-state index in [1.807, 2.05) is 47.9 Å². The maximum atomic E-state index is 9.20. The van der Waals surface area contributed by atoms with Gasteiger partial charge in [-0.25, -0.2) is 4.98 Å². The van der Waals surface area contributed by atoms with Gasteiger partial charge in [0, 0.05) is 28.0 Å². The number of rotatable bonds is 1. The molecule has 0 spiro atoms. The molecule has 0 atom stereocenters. The summed E-state index contributed by atoms with van der Waals surface area (Å²) < 4.78 is 1.90. The largest absolute Gasteiger partial charge is 0.300 e. The van der Waals surface area contributed by atoms with Crippen molar-refractivity contribution in [3.8, 4) is 11.8 Å². The van der Waals surface area contributed by atoms with Gasteiger partial charge in [-0.2, -0.15) is 5.26 Å². The molecule has 4 heteroatoms. The second-order valence-electron chi connectivity index (χ2n) is 4.33. The van der Waals surface area contributed by atoms with Gasteiger partial charge >= 0.3 is 0 Å². The van der Waals surface area contributed by atoms with E-state index in [9.17, 15) is 5.26 Å². The second-order valence-corrected chi connectivity index (χ2v) is 4.76. The van der Waals surface area contributed by atoms with E-state index in [2.05, 4.69) is 11.1 Å². The minimum Gasteiger partial charge on any atom is -0.300 e. The molecule has 2 heterocycles. The lowest BCUT2D eigenvalue weighted by atomic mass is 10.2. The number of hydrogen-bond donors (Lipinski definition) is 0. The standard InChI is InChI=1S/C15H10ClN3/c1-10-5-6-14-11(8-17)9-19(15(14)18-10)13-4-2-3-12(16)7-13/h2-7,9H,1H3. The lowest BCUT2D eigenvalue weighted by molar-refractivity contribution is 1.07. The van der Waals surface area contributed by atoms with Gasteiger partial charge in [0.05, 0.1) is 5.56 Å². The molecule has 0 fully saturated rings. The minimum atomic E-state index is 0.613. The van der Waals surface area contributed by atoms with Gasteiger partial charge in [0.15, 0.2) is 0 Å². The van der Waals surface area contributed by atoms with Crippen LogP contribution in [0.4, 0.5) is 0 Å². The number of benzene rings is 1. The molecule has 3 rings (SSSR count). The van der Waals surface area contributed by atoms with Crippen molar-refractivity contribution < 1.29 is 0 Å². The van der Waals surface area contributed by atoms with Gasteiger partial charge in [-0.05, 0) is 37.3 Å². The number of aryl methyl sites for hydroxylation is 1. The SMILES string of the molecule is Cc1ccc2c(C#N)cn(-c3cccc(Cl)c3)c2n1. The summed E-state index contributed by atoms with van der Waals surface area (Å²) in [5, 5.41) is 10.7. The van der Waals surface area contributed by atoms with Crippen LogP contribution < -0.4 is 0 Å². The van der Waals surface area contributed by atoms with Crippen LogP contribution in [0, 0.1) is 18.3 Å². The summed E-state index contributed by atoms with van der Waals surface area (Å²) >= 11 is 6.02. The number of nitriles is 1. The van der Waals surface area contributed by atoms with E-state index in [1.54, 1.807) is 6.20 Å². The smallest absolute Gasteiger partial charge is 0.146 e. The van der Waals surface area contributed by atoms with Gasteiger partial charge in [-0.3, -0.25) is 4.57 Å². The molecule has 0 N–H and O–H groups in total. The fraction of sp³-hybridized carbons (Fsp3) is 0.0667. The lowest BCUT2D eigenvalue weighted by Crippen LogP contribution is -1.94. The van der Waals surface area contributed by atoms with E-state index >= 15 is 0 Å². The van der Waals surface area contributed by atoms with Crippen molar-refractivity contribution in [3.05, 3.63) is 58.9 Å². The number of halogens is 1. The average Bonchev–Trinajstić information content (AvgIpc) is 2.76. The predicted molar refractivity (Wildman–Crippen MR) is 75.5 cm³/mol. The summed E-state index contributed by atoms with van der Waals surface area (Å²) in [7, 11) is 0. The highest BCUT2D eigenvalue weighted by Gasteiger charge is 2.11. The first-order valence-electron chi connectivity index (χ1n) is 5.84. The molecule has 0 unspecified atom stereocenters. The molecule has 0 bridgehead atoms. The summed E-state index contributed by atoms with van der Waals surface area (Å²) in [5.41, 5.74) is 3.21. The zero-order chi connectivity index (χ0) is 13.4. The van der Waals surface area contributed by atoms with Gasteiger partial charge in [0.2, 0.25) is 0 Å². The number of pyridine rings is 1. The van der Waals surface area contributed by atoms with E-state index < -0.39 is 0 Å². The topological polar surface area (TPSA) is 41.6 Å². The van der Waals surface area contributed by atoms with Crippen molar-refractivity contribution in [2.24, 2.45) is 0 Å². The fourth-order valence-corrected chi connectivity index (χ4v) is 2.29. The monoisotopic (exact) mass is 267 g/mol. The summed E-state index contributed by atoms with van der Waals surface area (Å²) in [6.07, 6.45) is 1.79. The zero-order valence-electron chi connectivity index (χ0n) is 10.3. The molecule has 92 valence electrons. The van der Waals surface area contributed by atoms with Gasteiger partial charge in [-0.15, -0.1) is 0 Å². The lowest BCUT2D eigenvalue weighted by Gasteiger charge is -2.05. The van der Waals surface area contributed by atoms with Crippen molar-refractivity contribution in [1.82, 2.24) is 9.55 Å². The Morgan fingerprint density at radius 2 is 2.11 bits per heavy atom. The van der Waals surface area contributed by atoms with Crippen LogP contribution in [-0.2, 0) is 0 Å². The quantitative estimate of drug-likeness (QED) is 0.672. The molecule has 0 aliphatic heterocycles. The molecule has 0 radical (unpaired) electrons. The van der Waals surface area contributed by atoms with Gasteiger partial charge in [0.25, 0.3) is 0 Å². The molecule has 0 amide bonds. The third-order valence-corrected chi connectivity index (χ3v) is 3.23. The Balaban J connectivity index is 2.35. The normalized spacial score (nSPS) is 10.6. The highest BCUT2D eigenvalue weighted by Crippen LogP contribution is 2.24. The molecular weight excluding hydrogens is 258 g/mol. The highest BCUT2D eigenvalue weighted by molar-refractivity contribution is 6.30. The molecular formula is C15H10ClN3. The molecule has 3 aromatic rings. The number of nitrogens with zero attached hydrogens (tertiary/aromatic N) is 3. The van der Waals surface area contributed by atoms with Crippen LogP contribution in [0.15, 0.2) is 42.6 Å². The Morgan fingerprint density at radius 1 is 1.26 bits per heavy atom. The van der Waals surface area contributed by atoms with Crippen LogP contribution in [0.1, 0.15) is 11.3 Å². The van der Waals surface area contributed by atoms with Crippen molar-refractivity contribution in [3.63, 3.8) is 0 Å². The van der Waals surface area contributed by atoms with E-state index in [0.717, 1.165) is 22.4 Å². The van der Waals surface area contributed by atoms with E-state index in [1.165, 1.54) is 0 Å².